The number of carboxylic acid groups (broad SMARTS) is 1. The number of imide groups is 1. The summed E-state index contributed by atoms with van der Waals surface area (Å²) in [6.07, 6.45) is -0.209. The molecule has 1 fully saturated rings. The van der Waals surface area contributed by atoms with Gasteiger partial charge < -0.3 is 35.4 Å². The number of rotatable bonds is 6. The van der Waals surface area contributed by atoms with Crippen molar-refractivity contribution in [1.29, 1.82) is 0 Å². The average molecular weight is 560 g/mol. The number of likely N-dealkylation sites (N-methyl/N-ethyl adjacent to an activating group) is 1. The molecule has 2 heterocycles. The van der Waals surface area contributed by atoms with Crippen LogP contribution in [0.1, 0.15) is 34.5 Å². The minimum atomic E-state index is -1.84. The summed E-state index contributed by atoms with van der Waals surface area (Å²) in [5, 5.41) is 34.0. The molecule has 1 saturated heterocycles. The number of phenols is 1. The minimum absolute atomic E-state index is 0.0587. The smallest absolute Gasteiger partial charge is 0.534 e. The van der Waals surface area contributed by atoms with Crippen molar-refractivity contribution in [3.05, 3.63) is 58.7 Å². The van der Waals surface area contributed by atoms with Crippen LogP contribution >= 0.6 is 0 Å². The van der Waals surface area contributed by atoms with Gasteiger partial charge in [0.2, 0.25) is 5.91 Å². The Morgan fingerprint density at radius 1 is 1.12 bits per heavy atom. The molecule has 5 amide bonds. The molecule has 2 atom stereocenters. The van der Waals surface area contributed by atoms with Crippen LogP contribution in [0, 0.1) is 11.6 Å². The highest BCUT2D eigenvalue weighted by atomic mass is 19.1. The van der Waals surface area contributed by atoms with Gasteiger partial charge in [-0.25, -0.2) is 18.4 Å². The number of benzene rings is 2. The molecule has 0 spiro atoms. The van der Waals surface area contributed by atoms with Gasteiger partial charge in [-0.2, -0.15) is 0 Å². The van der Waals surface area contributed by atoms with E-state index in [1.165, 1.54) is 11.0 Å². The van der Waals surface area contributed by atoms with Crippen LogP contribution in [0.3, 0.4) is 0 Å². The molecule has 0 saturated carbocycles. The van der Waals surface area contributed by atoms with Gasteiger partial charge >= 0.3 is 30.9 Å². The molecule has 13 nitrogen and oxygen atoms in total. The van der Waals surface area contributed by atoms with Gasteiger partial charge in [0.05, 0.1) is 5.94 Å². The normalized spacial score (nSPS) is 17.6. The van der Waals surface area contributed by atoms with Crippen molar-refractivity contribution in [2.24, 2.45) is 0 Å². The number of amides is 5. The number of phenolic OH excluding ortho intramolecular Hbond substituents is 1. The third-order valence-electron chi connectivity index (χ3n) is 6.52. The van der Waals surface area contributed by atoms with Crippen molar-refractivity contribution in [1.82, 2.24) is 20.4 Å². The van der Waals surface area contributed by atoms with Gasteiger partial charge in [0, 0.05) is 19.6 Å². The topological polar surface area (TPSA) is 186 Å². The Hall–Kier alpha value is -4.73. The van der Waals surface area contributed by atoms with E-state index in [1.54, 1.807) is 6.92 Å². The second-order valence-corrected chi connectivity index (χ2v) is 8.98. The van der Waals surface area contributed by atoms with Crippen LogP contribution in [-0.2, 0) is 20.8 Å². The van der Waals surface area contributed by atoms with Crippen molar-refractivity contribution in [2.75, 3.05) is 19.6 Å². The fourth-order valence-electron chi connectivity index (χ4n) is 4.40. The maximum atomic E-state index is 14.2. The standard InChI is InChI=1S/C24H23BF2N4O9/c1-2-30-7-8-31(22(35)21(30)34)24(38)29-18(11-4-6-15(32)14(27)9-11)20(33)28-16-10-12-3-5-13(26)17(23(36)37)19(12)40-25(16)39/h3-6,9,16,18,32,39H,2,7-8,10H2,1H3,(H,28,33)(H,29,38)(H,36,37)/t16-,18-/m0/s1. The number of fused-ring (bicyclic) bond motifs is 1. The van der Waals surface area contributed by atoms with Crippen LogP contribution in [0.25, 0.3) is 0 Å². The quantitative estimate of drug-likeness (QED) is 0.239. The first-order chi connectivity index (χ1) is 18.9. The Bertz CT molecular complexity index is 1410. The number of piperazine rings is 1. The van der Waals surface area contributed by atoms with Crippen LogP contribution in [0.5, 0.6) is 11.5 Å². The maximum absolute atomic E-state index is 14.2. The molecule has 2 aliphatic heterocycles. The lowest BCUT2D eigenvalue weighted by Gasteiger charge is -2.33. The van der Waals surface area contributed by atoms with Gasteiger partial charge in [-0.05, 0) is 42.7 Å². The molecule has 2 aliphatic rings. The number of urea groups is 1. The molecule has 0 aliphatic carbocycles. The number of nitrogens with zero attached hydrogens (tertiary/aromatic N) is 2. The zero-order valence-electron chi connectivity index (χ0n) is 20.9. The molecule has 40 heavy (non-hydrogen) atoms. The molecule has 2 aromatic rings. The van der Waals surface area contributed by atoms with Gasteiger partial charge in [0.1, 0.15) is 23.2 Å². The highest BCUT2D eigenvalue weighted by Crippen LogP contribution is 2.32. The molecule has 0 radical (unpaired) electrons. The second-order valence-electron chi connectivity index (χ2n) is 8.98. The number of nitrogens with one attached hydrogen (secondary N) is 2. The predicted molar refractivity (Wildman–Crippen MR) is 131 cm³/mol. The van der Waals surface area contributed by atoms with Crippen LogP contribution in [0.2, 0.25) is 0 Å². The number of hydrogen-bond donors (Lipinski definition) is 5. The zero-order chi connectivity index (χ0) is 29.3. The Kier molecular flexibility index (Phi) is 7.90. The number of carboxylic acids is 1. The van der Waals surface area contributed by atoms with E-state index in [0.717, 1.165) is 24.3 Å². The van der Waals surface area contributed by atoms with Gasteiger partial charge in [-0.1, -0.05) is 12.1 Å². The van der Waals surface area contributed by atoms with E-state index in [4.69, 9.17) is 4.65 Å². The van der Waals surface area contributed by atoms with E-state index in [2.05, 4.69) is 10.6 Å². The molecule has 2 aromatic carbocycles. The molecule has 0 aromatic heterocycles. The number of aromatic carboxylic acids is 1. The van der Waals surface area contributed by atoms with Gasteiger partial charge in [0.15, 0.2) is 11.6 Å². The summed E-state index contributed by atoms with van der Waals surface area (Å²) in [5.41, 5.74) is -0.800. The summed E-state index contributed by atoms with van der Waals surface area (Å²) in [5.74, 6) is -9.28. The van der Waals surface area contributed by atoms with Crippen molar-refractivity contribution >= 4 is 36.8 Å². The SMILES string of the molecule is CCN1CCN(C(=O)N[C@H](C(=O)N[C@H]2Cc3ccc(F)c(C(=O)O)c3OB2O)c2ccc(O)c(F)c2)C(=O)C1=O. The highest BCUT2D eigenvalue weighted by Gasteiger charge is 2.41. The minimum Gasteiger partial charge on any atom is -0.534 e. The third-order valence-corrected chi connectivity index (χ3v) is 6.52. The molecule has 5 N–H and O–H groups in total. The first-order valence-electron chi connectivity index (χ1n) is 12.0. The van der Waals surface area contributed by atoms with Crippen LogP contribution < -0.4 is 15.3 Å². The number of aromatic hydroxyl groups is 1. The summed E-state index contributed by atoms with van der Waals surface area (Å²) in [4.78, 5) is 64.3. The first kappa shape index (κ1) is 28.3. The van der Waals surface area contributed by atoms with E-state index < -0.39 is 77.5 Å². The molecular weight excluding hydrogens is 537 g/mol. The van der Waals surface area contributed by atoms with Gasteiger partial charge in [-0.15, -0.1) is 0 Å². The Labute approximate surface area is 225 Å². The molecular formula is C24H23BF2N4O9. The lowest BCUT2D eigenvalue weighted by Crippen LogP contribution is -2.60. The van der Waals surface area contributed by atoms with Crippen molar-refractivity contribution in [2.45, 2.75) is 25.3 Å². The molecule has 4 rings (SSSR count). The van der Waals surface area contributed by atoms with E-state index in [9.17, 15) is 48.0 Å². The molecule has 0 unspecified atom stereocenters. The molecule has 0 bridgehead atoms. The van der Waals surface area contributed by atoms with E-state index in [1.807, 2.05) is 0 Å². The van der Waals surface area contributed by atoms with Crippen molar-refractivity contribution < 1.29 is 52.6 Å². The van der Waals surface area contributed by atoms with E-state index in [0.29, 0.717) is 4.90 Å². The number of halogens is 2. The van der Waals surface area contributed by atoms with Crippen LogP contribution in [-0.4, -0.2) is 87.5 Å². The largest absolute Gasteiger partial charge is 0.547 e. The lowest BCUT2D eigenvalue weighted by molar-refractivity contribution is -0.153. The maximum Gasteiger partial charge on any atom is 0.547 e. The summed E-state index contributed by atoms with van der Waals surface area (Å²) >= 11 is 0. The van der Waals surface area contributed by atoms with E-state index >= 15 is 0 Å². The Balaban J connectivity index is 1.58. The summed E-state index contributed by atoms with van der Waals surface area (Å²) in [6, 6.07) is 2.13. The zero-order valence-corrected chi connectivity index (χ0v) is 20.9. The third kappa shape index (κ3) is 5.38. The van der Waals surface area contributed by atoms with Gasteiger partial charge in [-0.3, -0.25) is 19.3 Å². The second kappa shape index (κ2) is 11.2. The van der Waals surface area contributed by atoms with Crippen LogP contribution in [0.15, 0.2) is 30.3 Å². The Morgan fingerprint density at radius 3 is 2.50 bits per heavy atom. The number of carbonyl (C=O) groups excluding carboxylic acids is 4. The number of carbonyl (C=O) groups is 5. The number of hydrogen-bond acceptors (Lipinski definition) is 8. The monoisotopic (exact) mass is 560 g/mol. The van der Waals surface area contributed by atoms with Crippen molar-refractivity contribution in [3.8, 4) is 11.5 Å². The fourth-order valence-corrected chi connectivity index (χ4v) is 4.40. The Morgan fingerprint density at radius 2 is 1.85 bits per heavy atom. The van der Waals surface area contributed by atoms with E-state index in [-0.39, 0.29) is 37.2 Å². The summed E-state index contributed by atoms with van der Waals surface area (Å²) < 4.78 is 33.4. The van der Waals surface area contributed by atoms with Crippen LogP contribution in [0.4, 0.5) is 13.6 Å². The van der Waals surface area contributed by atoms with Gasteiger partial charge in [0.25, 0.3) is 0 Å². The predicted octanol–water partition coefficient (Wildman–Crippen LogP) is -0.0504. The highest BCUT2D eigenvalue weighted by molar-refractivity contribution is 6.47. The lowest BCUT2D eigenvalue weighted by atomic mass is 9.72. The molecule has 210 valence electrons. The average Bonchev–Trinajstić information content (AvgIpc) is 2.90. The van der Waals surface area contributed by atoms with Crippen molar-refractivity contribution in [3.63, 3.8) is 0 Å². The summed E-state index contributed by atoms with van der Waals surface area (Å²) in [7, 11) is -1.84. The fraction of sp³-hybridized carbons (Fsp3) is 0.292. The first-order valence-corrected chi connectivity index (χ1v) is 12.0. The molecule has 16 heteroatoms. The summed E-state index contributed by atoms with van der Waals surface area (Å²) in [6.45, 7) is 1.79.